The van der Waals surface area contributed by atoms with Gasteiger partial charge in [-0.05, 0) is 0 Å². The Bertz CT molecular complexity index is 93.9. The molecule has 0 heterocycles. The molecule has 0 rings (SSSR count). The molecule has 0 aliphatic heterocycles. The van der Waals surface area contributed by atoms with Crippen molar-refractivity contribution in [2.75, 3.05) is 0 Å². The maximum absolute atomic E-state index is 11.1. The Labute approximate surface area is 44.5 Å². The number of hydrogen-bond acceptors (Lipinski definition) is 1. The van der Waals surface area contributed by atoms with Gasteiger partial charge in [-0.2, -0.15) is 13.2 Å². The molecule has 0 N–H and O–H groups in total. The van der Waals surface area contributed by atoms with E-state index in [1.54, 1.807) is 0 Å². The Balaban J connectivity index is 3.82. The van der Waals surface area contributed by atoms with Crippen molar-refractivity contribution in [2.45, 2.75) is 19.5 Å². The molecule has 0 unspecified atom stereocenters. The summed E-state index contributed by atoms with van der Waals surface area (Å²) < 4.78 is 33.3. The highest BCUT2D eigenvalue weighted by Gasteiger charge is 2.36. The predicted octanol–water partition coefficient (Wildman–Crippen LogP) is 1.53. The summed E-state index contributed by atoms with van der Waals surface area (Å²) in [5.41, 5.74) is 0. The second-order valence-electron chi connectivity index (χ2n) is 1.27. The van der Waals surface area contributed by atoms with Crippen LogP contribution < -0.4 is 0 Å². The van der Waals surface area contributed by atoms with Crippen molar-refractivity contribution < 1.29 is 18.0 Å². The second-order valence-corrected chi connectivity index (χ2v) is 1.27. The molecule has 0 spiro atoms. The summed E-state index contributed by atoms with van der Waals surface area (Å²) in [6.45, 7) is 1.18. The molecule has 0 bridgehead atoms. The summed E-state index contributed by atoms with van der Waals surface area (Å²) in [7, 11) is 0. The van der Waals surface area contributed by atoms with Crippen LogP contribution in [0.5, 0.6) is 0 Å². The molecule has 48 valence electrons. The molecule has 0 aromatic heterocycles. The zero-order valence-corrected chi connectivity index (χ0v) is 4.25. The van der Waals surface area contributed by atoms with Gasteiger partial charge in [0.05, 0.1) is 0 Å². The first kappa shape index (κ1) is 7.46. The van der Waals surface area contributed by atoms with Gasteiger partial charge in [0.2, 0.25) is 5.78 Å². The van der Waals surface area contributed by atoms with Crippen molar-refractivity contribution >= 4 is 5.78 Å². The molecule has 0 aromatic carbocycles. The number of Topliss-reactive ketones (excluding diaryl/α,β-unsaturated/α-hetero) is 1. The summed E-state index contributed by atoms with van der Waals surface area (Å²) in [4.78, 5) is 9.71. The van der Waals surface area contributed by atoms with Crippen LogP contribution >= 0.6 is 0 Å². The second kappa shape index (κ2) is 2.15. The van der Waals surface area contributed by atoms with E-state index in [0.29, 0.717) is 0 Å². The first-order chi connectivity index (χ1) is 3.48. The van der Waals surface area contributed by atoms with E-state index < -0.39 is 18.4 Å². The average molecular weight is 125 g/mol. The van der Waals surface area contributed by atoms with Crippen LogP contribution in [0.25, 0.3) is 0 Å². The summed E-state index contributed by atoms with van der Waals surface area (Å²) in [6, 6.07) is 0. The maximum Gasteiger partial charge on any atom is 0.449 e. The number of alkyl halides is 3. The van der Waals surface area contributed by atoms with Crippen LogP contribution in [0.15, 0.2) is 0 Å². The van der Waals surface area contributed by atoms with E-state index in [1.807, 2.05) is 0 Å². The zero-order chi connectivity index (χ0) is 6.78. The van der Waals surface area contributed by atoms with Crippen molar-refractivity contribution in [1.82, 2.24) is 0 Å². The smallest absolute Gasteiger partial charge is 0.290 e. The Hall–Kier alpha value is -0.540. The minimum Gasteiger partial charge on any atom is -0.290 e. The van der Waals surface area contributed by atoms with Gasteiger partial charge in [0, 0.05) is 6.42 Å². The lowest BCUT2D eigenvalue weighted by atomic mass is 10.3. The number of ketones is 1. The maximum atomic E-state index is 11.1. The molecule has 8 heavy (non-hydrogen) atoms. The van der Waals surface area contributed by atoms with Gasteiger partial charge in [-0.15, -0.1) is 0 Å². The highest BCUT2D eigenvalue weighted by Crippen LogP contribution is 2.16. The monoisotopic (exact) mass is 125 g/mol. The lowest BCUT2D eigenvalue weighted by Gasteiger charge is -1.99. The Morgan fingerprint density at radius 3 is 1.88 bits per heavy atom. The lowest BCUT2D eigenvalue weighted by molar-refractivity contribution is -0.170. The molecule has 0 aliphatic rings. The molecule has 0 saturated carbocycles. The van der Waals surface area contributed by atoms with Gasteiger partial charge in [-0.25, -0.2) is 0 Å². The predicted molar refractivity (Wildman–Crippen MR) is 21.4 cm³/mol. The van der Waals surface area contributed by atoms with Crippen LogP contribution in [0.4, 0.5) is 13.2 Å². The van der Waals surface area contributed by atoms with Gasteiger partial charge in [-0.1, -0.05) is 6.92 Å². The van der Waals surface area contributed by atoms with E-state index in [-0.39, 0.29) is 0 Å². The van der Waals surface area contributed by atoms with E-state index in [0.717, 1.165) is 0 Å². The van der Waals surface area contributed by atoms with Gasteiger partial charge in [0.25, 0.3) is 0 Å². The van der Waals surface area contributed by atoms with Gasteiger partial charge in [-0.3, -0.25) is 4.79 Å². The van der Waals surface area contributed by atoms with Gasteiger partial charge in [0.1, 0.15) is 0 Å². The van der Waals surface area contributed by atoms with E-state index in [2.05, 4.69) is 0 Å². The molecule has 0 atom stereocenters. The molecular formula is C4H5F3O. The molecule has 4 heteroatoms. The van der Waals surface area contributed by atoms with Crippen LogP contribution in [-0.4, -0.2) is 12.0 Å². The van der Waals surface area contributed by atoms with Crippen LogP contribution in [0, 0.1) is 0 Å². The minimum atomic E-state index is -4.63. The molecule has 0 saturated heterocycles. The largest absolute Gasteiger partial charge is 0.449 e. The quantitative estimate of drug-likeness (QED) is 0.519. The standard InChI is InChI=1S/C4H5F3O/c1-2-3(8)4(5,6)7/h2H2,1H3/i5-1. The number of rotatable bonds is 1. The number of halogens is 3. The minimum absolute atomic E-state index is 0.469. The normalized spacial score (nSPS) is 11.5. The number of carbonyl (C=O) groups is 1. The van der Waals surface area contributed by atoms with Crippen molar-refractivity contribution in [1.29, 1.82) is 0 Å². The topological polar surface area (TPSA) is 17.1 Å². The van der Waals surface area contributed by atoms with Crippen LogP contribution in [0.3, 0.4) is 0 Å². The van der Waals surface area contributed by atoms with E-state index in [4.69, 9.17) is 0 Å². The van der Waals surface area contributed by atoms with E-state index in [9.17, 15) is 18.0 Å². The number of hydrogen-bond donors (Lipinski definition) is 0. The summed E-state index contributed by atoms with van der Waals surface area (Å²) >= 11 is 0. The van der Waals surface area contributed by atoms with Gasteiger partial charge < -0.3 is 0 Å². The summed E-state index contributed by atoms with van der Waals surface area (Å²) in [5, 5.41) is 0. The van der Waals surface area contributed by atoms with Crippen LogP contribution in [-0.2, 0) is 4.79 Å². The fourth-order valence-electron chi connectivity index (χ4n) is 0.200. The average Bonchev–Trinajstić information content (AvgIpc) is 1.62. The summed E-state index contributed by atoms with van der Waals surface area (Å²) in [6.07, 6.45) is -5.10. The van der Waals surface area contributed by atoms with Crippen molar-refractivity contribution in [3.05, 3.63) is 0 Å². The van der Waals surface area contributed by atoms with Crippen LogP contribution in [0.2, 0.25) is 0 Å². The highest BCUT2D eigenvalue weighted by atomic mass is 19.3. The Morgan fingerprint density at radius 2 is 1.88 bits per heavy atom. The first-order valence-electron chi connectivity index (χ1n) is 2.08. The number of carbonyl (C=O) groups excluding carboxylic acids is 1. The Morgan fingerprint density at radius 1 is 1.50 bits per heavy atom. The third-order valence-corrected chi connectivity index (χ3v) is 0.637. The van der Waals surface area contributed by atoms with E-state index in [1.165, 1.54) is 6.92 Å². The molecule has 0 radical (unpaired) electrons. The van der Waals surface area contributed by atoms with E-state index >= 15 is 0 Å². The molecular weight excluding hydrogens is 120 g/mol. The molecule has 0 fully saturated rings. The first-order valence-corrected chi connectivity index (χ1v) is 2.08. The molecule has 1 nitrogen and oxygen atoms in total. The SMILES string of the molecule is CCC(=O)C(F)(F)[18F]. The van der Waals surface area contributed by atoms with Gasteiger partial charge in [0.15, 0.2) is 0 Å². The van der Waals surface area contributed by atoms with Crippen LogP contribution in [0.1, 0.15) is 13.3 Å². The lowest BCUT2D eigenvalue weighted by Crippen LogP contribution is -2.20. The molecule has 0 aliphatic carbocycles. The highest BCUT2D eigenvalue weighted by molar-refractivity contribution is 5.83. The summed E-state index contributed by atoms with van der Waals surface area (Å²) in [5.74, 6) is -1.67. The third-order valence-electron chi connectivity index (χ3n) is 0.637. The fraction of sp³-hybridized carbons (Fsp3) is 0.750. The van der Waals surface area contributed by atoms with Crippen molar-refractivity contribution in [3.8, 4) is 0 Å². The van der Waals surface area contributed by atoms with Crippen molar-refractivity contribution in [3.63, 3.8) is 0 Å². The molecule has 0 aromatic rings. The third kappa shape index (κ3) is 1.95. The van der Waals surface area contributed by atoms with Crippen molar-refractivity contribution in [2.24, 2.45) is 0 Å². The Kier molecular flexibility index (Phi) is 2.01. The molecule has 0 amide bonds. The van der Waals surface area contributed by atoms with Gasteiger partial charge >= 0.3 is 6.18 Å². The zero-order valence-electron chi connectivity index (χ0n) is 4.25. The fourth-order valence-corrected chi connectivity index (χ4v) is 0.200.